The molecule has 0 spiro atoms. The predicted octanol–water partition coefficient (Wildman–Crippen LogP) is 1.86. The minimum Gasteiger partial charge on any atom is -0.508 e. The maximum Gasteiger partial charge on any atom is 0.326 e. The van der Waals surface area contributed by atoms with Gasteiger partial charge in [0.25, 0.3) is 0 Å². The minimum absolute atomic E-state index is 0.127. The lowest BCUT2D eigenvalue weighted by Gasteiger charge is -2.16. The van der Waals surface area contributed by atoms with E-state index in [2.05, 4.69) is 5.32 Å². The van der Waals surface area contributed by atoms with Gasteiger partial charge in [0.15, 0.2) is 0 Å². The summed E-state index contributed by atoms with van der Waals surface area (Å²) < 4.78 is 0. The standard InChI is InChI=1S/C16H19NO4/c18-13-7-5-12(6-8-13)9-14(16(20)21)17-15(19)10-11-3-1-2-4-11/h1,3,5-8,11,14,18H,2,4,9-10H2,(H,17,19)(H,20,21). The van der Waals surface area contributed by atoms with Crippen LogP contribution in [0.3, 0.4) is 0 Å². The molecule has 0 saturated heterocycles. The van der Waals surface area contributed by atoms with E-state index in [4.69, 9.17) is 0 Å². The number of rotatable bonds is 6. The Kier molecular flexibility index (Phi) is 4.98. The second kappa shape index (κ2) is 6.92. The smallest absolute Gasteiger partial charge is 0.326 e. The van der Waals surface area contributed by atoms with Crippen molar-refractivity contribution < 1.29 is 19.8 Å². The van der Waals surface area contributed by atoms with Crippen LogP contribution in [-0.2, 0) is 16.0 Å². The Hall–Kier alpha value is -2.30. The zero-order valence-electron chi connectivity index (χ0n) is 11.7. The number of carboxylic acids is 1. The predicted molar refractivity (Wildman–Crippen MR) is 77.9 cm³/mol. The topological polar surface area (TPSA) is 86.6 Å². The van der Waals surface area contributed by atoms with Crippen molar-refractivity contribution in [1.29, 1.82) is 0 Å². The van der Waals surface area contributed by atoms with Gasteiger partial charge in [-0.2, -0.15) is 0 Å². The molecular weight excluding hydrogens is 270 g/mol. The molecule has 0 radical (unpaired) electrons. The van der Waals surface area contributed by atoms with Crippen LogP contribution in [-0.4, -0.2) is 28.1 Å². The Morgan fingerprint density at radius 3 is 2.57 bits per heavy atom. The number of phenolic OH excluding ortho intramolecular Hbond substituents is 1. The molecular formula is C16H19NO4. The summed E-state index contributed by atoms with van der Waals surface area (Å²) in [4.78, 5) is 23.2. The number of carbonyl (C=O) groups is 2. The maximum atomic E-state index is 11.9. The average molecular weight is 289 g/mol. The van der Waals surface area contributed by atoms with E-state index in [1.54, 1.807) is 12.1 Å². The van der Waals surface area contributed by atoms with Crippen molar-refractivity contribution in [3.8, 4) is 5.75 Å². The van der Waals surface area contributed by atoms with Gasteiger partial charge in [-0.3, -0.25) is 4.79 Å². The summed E-state index contributed by atoms with van der Waals surface area (Å²) in [5.74, 6) is -0.952. The van der Waals surface area contributed by atoms with Crippen molar-refractivity contribution in [2.24, 2.45) is 5.92 Å². The van der Waals surface area contributed by atoms with Crippen molar-refractivity contribution in [2.45, 2.75) is 31.7 Å². The Balaban J connectivity index is 1.92. The van der Waals surface area contributed by atoms with Gasteiger partial charge < -0.3 is 15.5 Å². The van der Waals surface area contributed by atoms with E-state index >= 15 is 0 Å². The molecule has 1 aliphatic carbocycles. The number of hydrogen-bond acceptors (Lipinski definition) is 3. The van der Waals surface area contributed by atoms with E-state index < -0.39 is 12.0 Å². The quantitative estimate of drug-likeness (QED) is 0.698. The van der Waals surface area contributed by atoms with Crippen LogP contribution in [0.1, 0.15) is 24.8 Å². The molecule has 0 aliphatic heterocycles. The SMILES string of the molecule is O=C(CC1C=CCC1)NC(Cc1ccc(O)cc1)C(=O)O. The fourth-order valence-electron chi connectivity index (χ4n) is 2.42. The first kappa shape index (κ1) is 15.1. The van der Waals surface area contributed by atoms with Gasteiger partial charge in [0.05, 0.1) is 0 Å². The van der Waals surface area contributed by atoms with Gasteiger partial charge in [-0.05, 0) is 36.5 Å². The fourth-order valence-corrected chi connectivity index (χ4v) is 2.42. The number of phenols is 1. The lowest BCUT2D eigenvalue weighted by atomic mass is 10.0. The second-order valence-corrected chi connectivity index (χ2v) is 5.30. The van der Waals surface area contributed by atoms with Gasteiger partial charge in [0.2, 0.25) is 5.91 Å². The Labute approximate surface area is 123 Å². The molecule has 5 nitrogen and oxygen atoms in total. The molecule has 2 rings (SSSR count). The zero-order valence-corrected chi connectivity index (χ0v) is 11.7. The van der Waals surface area contributed by atoms with Crippen molar-refractivity contribution in [3.05, 3.63) is 42.0 Å². The lowest BCUT2D eigenvalue weighted by molar-refractivity contribution is -0.141. The maximum absolute atomic E-state index is 11.9. The van der Waals surface area contributed by atoms with Gasteiger partial charge in [-0.15, -0.1) is 0 Å². The van der Waals surface area contributed by atoms with Crippen LogP contribution in [0.15, 0.2) is 36.4 Å². The number of aliphatic carboxylic acids is 1. The number of hydrogen-bond donors (Lipinski definition) is 3. The van der Waals surface area contributed by atoms with Gasteiger partial charge in [-0.25, -0.2) is 4.79 Å². The highest BCUT2D eigenvalue weighted by Crippen LogP contribution is 2.20. The Morgan fingerprint density at radius 2 is 2.00 bits per heavy atom. The number of nitrogens with one attached hydrogen (secondary N) is 1. The van der Waals surface area contributed by atoms with Crippen LogP contribution < -0.4 is 5.32 Å². The first-order chi connectivity index (χ1) is 10.0. The van der Waals surface area contributed by atoms with E-state index in [1.807, 2.05) is 12.2 Å². The molecule has 5 heteroatoms. The first-order valence-electron chi connectivity index (χ1n) is 7.01. The minimum atomic E-state index is -1.06. The normalized spacial score (nSPS) is 18.4. The number of carbonyl (C=O) groups excluding carboxylic acids is 1. The zero-order chi connectivity index (χ0) is 15.2. The summed E-state index contributed by atoms with van der Waals surface area (Å²) in [6, 6.07) is 5.35. The largest absolute Gasteiger partial charge is 0.508 e. The Bertz CT molecular complexity index is 536. The van der Waals surface area contributed by atoms with E-state index in [-0.39, 0.29) is 24.0 Å². The molecule has 2 unspecified atom stereocenters. The molecule has 112 valence electrons. The molecule has 3 N–H and O–H groups in total. The molecule has 0 bridgehead atoms. The molecule has 1 amide bonds. The van der Waals surface area contributed by atoms with Crippen molar-refractivity contribution >= 4 is 11.9 Å². The molecule has 0 heterocycles. The molecule has 0 aromatic heterocycles. The monoisotopic (exact) mass is 289 g/mol. The van der Waals surface area contributed by atoms with Crippen LogP contribution in [0, 0.1) is 5.92 Å². The van der Waals surface area contributed by atoms with E-state index in [0.717, 1.165) is 18.4 Å². The van der Waals surface area contributed by atoms with E-state index in [9.17, 15) is 19.8 Å². The van der Waals surface area contributed by atoms with Crippen LogP contribution >= 0.6 is 0 Å². The van der Waals surface area contributed by atoms with E-state index in [0.29, 0.717) is 6.42 Å². The molecule has 0 saturated carbocycles. The molecule has 1 aromatic rings. The first-order valence-corrected chi connectivity index (χ1v) is 7.01. The number of amides is 1. The van der Waals surface area contributed by atoms with Crippen molar-refractivity contribution in [3.63, 3.8) is 0 Å². The molecule has 1 aliphatic rings. The van der Waals surface area contributed by atoms with Crippen molar-refractivity contribution in [2.75, 3.05) is 0 Å². The lowest BCUT2D eigenvalue weighted by Crippen LogP contribution is -2.42. The fraction of sp³-hybridized carbons (Fsp3) is 0.375. The van der Waals surface area contributed by atoms with Gasteiger partial charge in [0.1, 0.15) is 11.8 Å². The third kappa shape index (κ3) is 4.63. The molecule has 21 heavy (non-hydrogen) atoms. The summed E-state index contributed by atoms with van der Waals surface area (Å²) in [6.07, 6.45) is 6.51. The highest BCUT2D eigenvalue weighted by atomic mass is 16.4. The molecule has 1 aromatic carbocycles. The summed E-state index contributed by atoms with van der Waals surface area (Å²) in [6.45, 7) is 0. The highest BCUT2D eigenvalue weighted by molar-refractivity contribution is 5.84. The van der Waals surface area contributed by atoms with Gasteiger partial charge >= 0.3 is 5.97 Å². The molecule has 0 fully saturated rings. The number of benzene rings is 1. The van der Waals surface area contributed by atoms with E-state index in [1.165, 1.54) is 12.1 Å². The van der Waals surface area contributed by atoms with Crippen LogP contribution in [0.4, 0.5) is 0 Å². The third-order valence-electron chi connectivity index (χ3n) is 3.57. The Morgan fingerprint density at radius 1 is 1.29 bits per heavy atom. The third-order valence-corrected chi connectivity index (χ3v) is 3.57. The van der Waals surface area contributed by atoms with Crippen LogP contribution in [0.5, 0.6) is 5.75 Å². The second-order valence-electron chi connectivity index (χ2n) is 5.30. The van der Waals surface area contributed by atoms with Crippen LogP contribution in [0.25, 0.3) is 0 Å². The van der Waals surface area contributed by atoms with Gasteiger partial charge in [-0.1, -0.05) is 24.3 Å². The number of allylic oxidation sites excluding steroid dienone is 2. The number of aromatic hydroxyl groups is 1. The summed E-state index contributed by atoms with van der Waals surface area (Å²) >= 11 is 0. The van der Waals surface area contributed by atoms with Crippen molar-refractivity contribution in [1.82, 2.24) is 5.32 Å². The van der Waals surface area contributed by atoms with Gasteiger partial charge in [0, 0.05) is 12.8 Å². The van der Waals surface area contributed by atoms with Crippen LogP contribution in [0.2, 0.25) is 0 Å². The summed E-state index contributed by atoms with van der Waals surface area (Å²) in [5.41, 5.74) is 0.751. The highest BCUT2D eigenvalue weighted by Gasteiger charge is 2.22. The average Bonchev–Trinajstić information content (AvgIpc) is 2.93. The molecule has 2 atom stereocenters. The summed E-state index contributed by atoms with van der Waals surface area (Å²) in [5, 5.41) is 21.0. The summed E-state index contributed by atoms with van der Waals surface area (Å²) in [7, 11) is 0. The number of carboxylic acid groups (broad SMARTS) is 1.